The minimum Gasteiger partial charge on any atom is -0.465 e. The Balaban J connectivity index is 1.96. The molecule has 1 heterocycles. The number of aromatic nitrogens is 2. The number of thioether (sulfide) groups is 1. The number of methoxy groups -OCH3 is 1. The van der Waals surface area contributed by atoms with Crippen molar-refractivity contribution in [3.8, 4) is 0 Å². The van der Waals surface area contributed by atoms with E-state index in [1.54, 1.807) is 24.3 Å². The smallest absolute Gasteiger partial charge is 0.337 e. The Kier molecular flexibility index (Phi) is 5.70. The molecule has 2 aromatic rings. The molecule has 7 heteroatoms. The van der Waals surface area contributed by atoms with Crippen molar-refractivity contribution in [2.75, 3.05) is 18.2 Å². The van der Waals surface area contributed by atoms with Crippen LogP contribution in [0, 0.1) is 13.8 Å². The Labute approximate surface area is 138 Å². The number of aryl methyl sites for hydroxylation is 2. The molecule has 6 nitrogen and oxygen atoms in total. The maximum atomic E-state index is 12.0. The first-order valence-corrected chi connectivity index (χ1v) is 7.90. The zero-order valence-electron chi connectivity index (χ0n) is 13.1. The number of nitrogens with zero attached hydrogens (tertiary/aromatic N) is 2. The van der Waals surface area contributed by atoms with Crippen LogP contribution >= 0.6 is 11.8 Å². The Morgan fingerprint density at radius 3 is 2.52 bits per heavy atom. The van der Waals surface area contributed by atoms with Crippen LogP contribution in [0.15, 0.2) is 35.5 Å². The van der Waals surface area contributed by atoms with Gasteiger partial charge in [0.25, 0.3) is 0 Å². The normalized spacial score (nSPS) is 10.2. The molecule has 23 heavy (non-hydrogen) atoms. The Morgan fingerprint density at radius 1 is 1.17 bits per heavy atom. The number of ether oxygens (including phenoxy) is 1. The number of benzene rings is 1. The molecule has 1 aromatic heterocycles. The third-order valence-corrected chi connectivity index (χ3v) is 3.71. The van der Waals surface area contributed by atoms with Crippen LogP contribution in [0.25, 0.3) is 0 Å². The van der Waals surface area contributed by atoms with E-state index in [1.807, 2.05) is 19.9 Å². The van der Waals surface area contributed by atoms with E-state index in [1.165, 1.54) is 18.9 Å². The molecule has 2 rings (SSSR count). The van der Waals surface area contributed by atoms with Gasteiger partial charge in [-0.3, -0.25) is 4.79 Å². The van der Waals surface area contributed by atoms with Crippen LogP contribution in [0.1, 0.15) is 21.7 Å². The number of amides is 1. The van der Waals surface area contributed by atoms with Crippen LogP contribution in [-0.2, 0) is 9.53 Å². The van der Waals surface area contributed by atoms with Gasteiger partial charge < -0.3 is 10.1 Å². The fourth-order valence-corrected chi connectivity index (χ4v) is 2.68. The summed E-state index contributed by atoms with van der Waals surface area (Å²) in [5.41, 5.74) is 2.66. The minimum atomic E-state index is -0.445. The molecule has 1 aromatic carbocycles. The van der Waals surface area contributed by atoms with Crippen LogP contribution in [0.2, 0.25) is 0 Å². The SMILES string of the molecule is COC(=O)c1cccc(NC(=O)CSc2nc(C)cc(C)n2)c1. The maximum absolute atomic E-state index is 12.0. The Bertz CT molecular complexity index is 714. The van der Waals surface area contributed by atoms with Crippen molar-refractivity contribution in [1.29, 1.82) is 0 Å². The number of nitrogens with one attached hydrogen (secondary N) is 1. The van der Waals surface area contributed by atoms with Gasteiger partial charge in [-0.15, -0.1) is 0 Å². The molecule has 0 bridgehead atoms. The highest BCUT2D eigenvalue weighted by molar-refractivity contribution is 7.99. The predicted molar refractivity (Wildman–Crippen MR) is 88.6 cm³/mol. The third kappa shape index (κ3) is 5.07. The molecule has 0 spiro atoms. The summed E-state index contributed by atoms with van der Waals surface area (Å²) in [6, 6.07) is 8.47. The van der Waals surface area contributed by atoms with E-state index in [0.29, 0.717) is 16.4 Å². The summed E-state index contributed by atoms with van der Waals surface area (Å²) in [5.74, 6) is -0.454. The summed E-state index contributed by atoms with van der Waals surface area (Å²) < 4.78 is 4.65. The van der Waals surface area contributed by atoms with E-state index in [0.717, 1.165) is 11.4 Å². The summed E-state index contributed by atoms with van der Waals surface area (Å²) in [7, 11) is 1.31. The average Bonchev–Trinajstić information content (AvgIpc) is 2.51. The molecule has 0 atom stereocenters. The average molecular weight is 331 g/mol. The van der Waals surface area contributed by atoms with Gasteiger partial charge in [-0.05, 0) is 38.1 Å². The van der Waals surface area contributed by atoms with Crippen LogP contribution in [0.5, 0.6) is 0 Å². The maximum Gasteiger partial charge on any atom is 0.337 e. The van der Waals surface area contributed by atoms with E-state index in [9.17, 15) is 9.59 Å². The van der Waals surface area contributed by atoms with Gasteiger partial charge in [-0.2, -0.15) is 0 Å². The lowest BCUT2D eigenvalue weighted by molar-refractivity contribution is -0.113. The number of hydrogen-bond acceptors (Lipinski definition) is 6. The van der Waals surface area contributed by atoms with E-state index >= 15 is 0 Å². The Morgan fingerprint density at radius 2 is 1.87 bits per heavy atom. The number of hydrogen-bond donors (Lipinski definition) is 1. The second-order valence-corrected chi connectivity index (χ2v) is 5.79. The molecule has 0 saturated heterocycles. The molecule has 0 saturated carbocycles. The largest absolute Gasteiger partial charge is 0.465 e. The number of esters is 1. The third-order valence-electron chi connectivity index (χ3n) is 2.86. The Hall–Kier alpha value is -2.41. The van der Waals surface area contributed by atoms with Gasteiger partial charge in [0.05, 0.1) is 18.4 Å². The first-order chi connectivity index (χ1) is 11.0. The zero-order valence-corrected chi connectivity index (χ0v) is 13.9. The summed E-state index contributed by atoms with van der Waals surface area (Å²) in [4.78, 5) is 32.0. The molecule has 1 amide bonds. The van der Waals surface area contributed by atoms with Gasteiger partial charge in [-0.1, -0.05) is 17.8 Å². The van der Waals surface area contributed by atoms with Gasteiger partial charge in [-0.25, -0.2) is 14.8 Å². The summed E-state index contributed by atoms with van der Waals surface area (Å²) in [6.45, 7) is 3.77. The molecule has 0 aliphatic carbocycles. The number of anilines is 1. The quantitative estimate of drug-likeness (QED) is 0.515. The molecule has 0 unspecified atom stereocenters. The lowest BCUT2D eigenvalue weighted by Crippen LogP contribution is -2.15. The van der Waals surface area contributed by atoms with Crippen molar-refractivity contribution in [1.82, 2.24) is 9.97 Å². The van der Waals surface area contributed by atoms with Gasteiger partial charge >= 0.3 is 5.97 Å². The highest BCUT2D eigenvalue weighted by atomic mass is 32.2. The lowest BCUT2D eigenvalue weighted by Gasteiger charge is -2.07. The van der Waals surface area contributed by atoms with Gasteiger partial charge in [0.15, 0.2) is 5.16 Å². The van der Waals surface area contributed by atoms with Crippen molar-refractivity contribution in [2.45, 2.75) is 19.0 Å². The number of rotatable bonds is 5. The van der Waals surface area contributed by atoms with Crippen LogP contribution < -0.4 is 5.32 Å². The van der Waals surface area contributed by atoms with Crippen molar-refractivity contribution in [2.24, 2.45) is 0 Å². The van der Waals surface area contributed by atoms with E-state index in [4.69, 9.17) is 0 Å². The summed E-state index contributed by atoms with van der Waals surface area (Å²) >= 11 is 1.27. The van der Waals surface area contributed by atoms with E-state index in [-0.39, 0.29) is 11.7 Å². The molecular formula is C16H17N3O3S. The van der Waals surface area contributed by atoms with Crippen molar-refractivity contribution < 1.29 is 14.3 Å². The summed E-state index contributed by atoms with van der Waals surface area (Å²) in [6.07, 6.45) is 0. The topological polar surface area (TPSA) is 81.2 Å². The monoisotopic (exact) mass is 331 g/mol. The standard InChI is InChI=1S/C16H17N3O3S/c1-10-7-11(2)18-16(17-10)23-9-14(20)19-13-6-4-5-12(8-13)15(21)22-3/h4-8H,9H2,1-3H3,(H,19,20). The molecule has 0 aliphatic rings. The number of carbonyl (C=O) groups is 2. The van der Waals surface area contributed by atoms with E-state index in [2.05, 4.69) is 20.0 Å². The van der Waals surface area contributed by atoms with Crippen molar-refractivity contribution in [3.05, 3.63) is 47.3 Å². The highest BCUT2D eigenvalue weighted by Gasteiger charge is 2.09. The van der Waals surface area contributed by atoms with Gasteiger partial charge in [0.1, 0.15) is 0 Å². The lowest BCUT2D eigenvalue weighted by atomic mass is 10.2. The van der Waals surface area contributed by atoms with Gasteiger partial charge in [0, 0.05) is 17.1 Å². The molecule has 0 aliphatic heterocycles. The summed E-state index contributed by atoms with van der Waals surface area (Å²) in [5, 5.41) is 3.31. The zero-order chi connectivity index (χ0) is 16.8. The number of carbonyl (C=O) groups excluding carboxylic acids is 2. The molecule has 1 N–H and O–H groups in total. The minimum absolute atomic E-state index is 0.186. The molecule has 120 valence electrons. The van der Waals surface area contributed by atoms with E-state index < -0.39 is 5.97 Å². The fourth-order valence-electron chi connectivity index (χ4n) is 1.93. The predicted octanol–water partition coefficient (Wildman–Crippen LogP) is 2.61. The van der Waals surface area contributed by atoms with Gasteiger partial charge in [0.2, 0.25) is 5.91 Å². The fraction of sp³-hybridized carbons (Fsp3) is 0.250. The highest BCUT2D eigenvalue weighted by Crippen LogP contribution is 2.16. The molecule has 0 radical (unpaired) electrons. The first kappa shape index (κ1) is 17.0. The second-order valence-electron chi connectivity index (χ2n) is 4.84. The van der Waals surface area contributed by atoms with Crippen molar-refractivity contribution in [3.63, 3.8) is 0 Å². The molecular weight excluding hydrogens is 314 g/mol. The first-order valence-electron chi connectivity index (χ1n) is 6.91. The van der Waals surface area contributed by atoms with Crippen molar-refractivity contribution >= 4 is 29.3 Å². The van der Waals surface area contributed by atoms with Crippen LogP contribution in [0.3, 0.4) is 0 Å². The van der Waals surface area contributed by atoms with Crippen LogP contribution in [-0.4, -0.2) is 34.7 Å². The second kappa shape index (κ2) is 7.73. The van der Waals surface area contributed by atoms with Crippen LogP contribution in [0.4, 0.5) is 5.69 Å². The molecule has 0 fully saturated rings.